The lowest BCUT2D eigenvalue weighted by molar-refractivity contribution is 0.0850. The smallest absolute Gasteiger partial charge is 0.192 e. The minimum atomic E-state index is -0.276. The molecule has 1 aliphatic rings. The van der Waals surface area contributed by atoms with Crippen LogP contribution in [0.1, 0.15) is 31.0 Å². The van der Waals surface area contributed by atoms with Crippen LogP contribution in [0.25, 0.3) is 0 Å². The van der Waals surface area contributed by atoms with E-state index in [4.69, 9.17) is 9.47 Å². The van der Waals surface area contributed by atoms with Gasteiger partial charge in [0.15, 0.2) is 23.4 Å². The first-order chi connectivity index (χ1) is 10.3. The lowest BCUT2D eigenvalue weighted by atomic mass is 10.2. The van der Waals surface area contributed by atoms with Crippen molar-refractivity contribution in [2.75, 3.05) is 18.5 Å². The molecule has 0 saturated carbocycles. The third kappa shape index (κ3) is 3.07. The van der Waals surface area contributed by atoms with Gasteiger partial charge in [-0.1, -0.05) is 19.1 Å². The van der Waals surface area contributed by atoms with Crippen molar-refractivity contribution in [3.05, 3.63) is 41.9 Å². The first-order valence-corrected chi connectivity index (χ1v) is 7.24. The largest absolute Gasteiger partial charge is 0.485 e. The van der Waals surface area contributed by atoms with Gasteiger partial charge < -0.3 is 14.8 Å². The molecule has 0 radical (unpaired) electrons. The highest BCUT2D eigenvalue weighted by atomic mass is 16.6. The standard InChI is InChI=1S/C16H19N3O2/c1-3-8-17-15-9-11(2)18-16(19-15)14-10-20-12-6-4-5-7-13(12)21-14/h4-7,9,14H,3,8,10H2,1-2H3,(H,17,18,19). The van der Waals surface area contributed by atoms with E-state index in [0.717, 1.165) is 36.0 Å². The van der Waals surface area contributed by atoms with E-state index in [1.165, 1.54) is 0 Å². The van der Waals surface area contributed by atoms with Crippen molar-refractivity contribution in [3.63, 3.8) is 0 Å². The molecule has 110 valence electrons. The van der Waals surface area contributed by atoms with Crippen molar-refractivity contribution in [3.8, 4) is 11.5 Å². The van der Waals surface area contributed by atoms with Crippen LogP contribution in [0.15, 0.2) is 30.3 Å². The number of aryl methyl sites for hydroxylation is 1. The van der Waals surface area contributed by atoms with Crippen LogP contribution in [0.3, 0.4) is 0 Å². The lowest BCUT2D eigenvalue weighted by Crippen LogP contribution is -2.24. The number of hydrogen-bond acceptors (Lipinski definition) is 5. The van der Waals surface area contributed by atoms with Gasteiger partial charge in [-0.2, -0.15) is 0 Å². The Morgan fingerprint density at radius 2 is 2.05 bits per heavy atom. The Morgan fingerprint density at radius 1 is 1.24 bits per heavy atom. The van der Waals surface area contributed by atoms with E-state index in [9.17, 15) is 0 Å². The SMILES string of the molecule is CCCNc1cc(C)nc(C2COc3ccccc3O2)n1. The van der Waals surface area contributed by atoms with Gasteiger partial charge in [-0.25, -0.2) is 9.97 Å². The number of rotatable bonds is 4. The molecule has 1 atom stereocenters. The van der Waals surface area contributed by atoms with Gasteiger partial charge in [0.25, 0.3) is 0 Å². The van der Waals surface area contributed by atoms with Crippen molar-refractivity contribution in [1.82, 2.24) is 9.97 Å². The molecule has 1 N–H and O–H groups in total. The molecule has 0 amide bonds. The van der Waals surface area contributed by atoms with Gasteiger partial charge >= 0.3 is 0 Å². The van der Waals surface area contributed by atoms with Gasteiger partial charge in [0.1, 0.15) is 12.4 Å². The number of hydrogen-bond donors (Lipinski definition) is 1. The van der Waals surface area contributed by atoms with Gasteiger partial charge in [0.2, 0.25) is 0 Å². The van der Waals surface area contributed by atoms with Crippen molar-refractivity contribution < 1.29 is 9.47 Å². The molecule has 0 aliphatic carbocycles. The Balaban J connectivity index is 1.83. The third-order valence-corrected chi connectivity index (χ3v) is 3.22. The predicted molar refractivity (Wildman–Crippen MR) is 80.9 cm³/mol. The number of nitrogens with zero attached hydrogens (tertiary/aromatic N) is 2. The molecule has 21 heavy (non-hydrogen) atoms. The first kappa shape index (κ1) is 13.7. The van der Waals surface area contributed by atoms with Crippen molar-refractivity contribution in [2.45, 2.75) is 26.4 Å². The molecule has 3 rings (SSSR count). The number of aromatic nitrogens is 2. The molecule has 1 unspecified atom stereocenters. The molecular weight excluding hydrogens is 266 g/mol. The number of benzene rings is 1. The van der Waals surface area contributed by atoms with Gasteiger partial charge in [0, 0.05) is 18.3 Å². The van der Waals surface area contributed by atoms with Crippen LogP contribution in [-0.4, -0.2) is 23.1 Å². The van der Waals surface area contributed by atoms with E-state index in [0.29, 0.717) is 12.4 Å². The van der Waals surface area contributed by atoms with Gasteiger partial charge in [0.05, 0.1) is 0 Å². The zero-order valence-corrected chi connectivity index (χ0v) is 12.3. The molecule has 0 saturated heterocycles. The Labute approximate surface area is 124 Å². The number of anilines is 1. The first-order valence-electron chi connectivity index (χ1n) is 7.24. The third-order valence-electron chi connectivity index (χ3n) is 3.22. The van der Waals surface area contributed by atoms with Crippen LogP contribution in [-0.2, 0) is 0 Å². The quantitative estimate of drug-likeness (QED) is 0.935. The molecule has 0 bridgehead atoms. The molecule has 0 spiro atoms. The highest BCUT2D eigenvalue weighted by Crippen LogP contribution is 2.35. The van der Waals surface area contributed by atoms with Crippen LogP contribution in [0.5, 0.6) is 11.5 Å². The maximum absolute atomic E-state index is 5.95. The number of nitrogens with one attached hydrogen (secondary N) is 1. The summed E-state index contributed by atoms with van der Waals surface area (Å²) in [6, 6.07) is 9.59. The highest BCUT2D eigenvalue weighted by Gasteiger charge is 2.25. The second kappa shape index (κ2) is 5.99. The minimum Gasteiger partial charge on any atom is -0.485 e. The number of ether oxygens (including phenoxy) is 2. The Bertz CT molecular complexity index is 631. The van der Waals surface area contributed by atoms with Crippen LogP contribution < -0.4 is 14.8 Å². The summed E-state index contributed by atoms with van der Waals surface area (Å²) in [5.74, 6) is 3.00. The summed E-state index contributed by atoms with van der Waals surface area (Å²) in [6.45, 7) is 5.39. The summed E-state index contributed by atoms with van der Waals surface area (Å²) in [6.07, 6.45) is 0.774. The summed E-state index contributed by atoms with van der Waals surface area (Å²) >= 11 is 0. The van der Waals surface area contributed by atoms with Crippen molar-refractivity contribution >= 4 is 5.82 Å². The van der Waals surface area contributed by atoms with E-state index in [2.05, 4.69) is 22.2 Å². The summed E-state index contributed by atoms with van der Waals surface area (Å²) in [5, 5.41) is 3.29. The summed E-state index contributed by atoms with van der Waals surface area (Å²) in [5.41, 5.74) is 0.918. The van der Waals surface area contributed by atoms with E-state index >= 15 is 0 Å². The molecular formula is C16H19N3O2. The fourth-order valence-corrected chi connectivity index (χ4v) is 2.23. The summed E-state index contributed by atoms with van der Waals surface area (Å²) in [7, 11) is 0. The van der Waals surface area contributed by atoms with Gasteiger partial charge in [-0.15, -0.1) is 0 Å². The van der Waals surface area contributed by atoms with Crippen LogP contribution in [0.4, 0.5) is 5.82 Å². The molecule has 5 nitrogen and oxygen atoms in total. The summed E-state index contributed by atoms with van der Waals surface area (Å²) < 4.78 is 11.7. The fraction of sp³-hybridized carbons (Fsp3) is 0.375. The molecule has 1 aliphatic heterocycles. The van der Waals surface area contributed by atoms with Crippen LogP contribution >= 0.6 is 0 Å². The number of fused-ring (bicyclic) bond motifs is 1. The fourth-order valence-electron chi connectivity index (χ4n) is 2.23. The van der Waals surface area contributed by atoms with Crippen LogP contribution in [0.2, 0.25) is 0 Å². The maximum Gasteiger partial charge on any atom is 0.192 e. The minimum absolute atomic E-state index is 0.276. The Hall–Kier alpha value is -2.30. The second-order valence-electron chi connectivity index (χ2n) is 5.04. The monoisotopic (exact) mass is 285 g/mol. The van der Waals surface area contributed by atoms with E-state index < -0.39 is 0 Å². The molecule has 5 heteroatoms. The average Bonchev–Trinajstić information content (AvgIpc) is 2.52. The zero-order chi connectivity index (χ0) is 14.7. The molecule has 1 aromatic heterocycles. The van der Waals surface area contributed by atoms with Gasteiger partial charge in [-0.05, 0) is 25.5 Å². The van der Waals surface area contributed by atoms with E-state index in [-0.39, 0.29) is 6.10 Å². The molecule has 0 fully saturated rings. The topological polar surface area (TPSA) is 56.3 Å². The summed E-state index contributed by atoms with van der Waals surface area (Å²) in [4.78, 5) is 9.02. The van der Waals surface area contributed by atoms with E-state index in [1.54, 1.807) is 0 Å². The second-order valence-corrected chi connectivity index (χ2v) is 5.04. The molecule has 2 heterocycles. The highest BCUT2D eigenvalue weighted by molar-refractivity contribution is 5.41. The molecule has 1 aromatic carbocycles. The van der Waals surface area contributed by atoms with Crippen molar-refractivity contribution in [2.24, 2.45) is 0 Å². The van der Waals surface area contributed by atoms with Crippen molar-refractivity contribution in [1.29, 1.82) is 0 Å². The maximum atomic E-state index is 5.95. The Kier molecular flexibility index (Phi) is 3.90. The number of para-hydroxylation sites is 2. The normalized spacial score (nSPS) is 16.6. The van der Waals surface area contributed by atoms with Crippen LogP contribution in [0, 0.1) is 6.92 Å². The zero-order valence-electron chi connectivity index (χ0n) is 12.3. The molecule has 2 aromatic rings. The van der Waals surface area contributed by atoms with Gasteiger partial charge in [-0.3, -0.25) is 0 Å². The predicted octanol–water partition coefficient (Wildman–Crippen LogP) is 3.12. The Morgan fingerprint density at radius 3 is 2.86 bits per heavy atom. The average molecular weight is 285 g/mol. The van der Waals surface area contributed by atoms with E-state index in [1.807, 2.05) is 37.3 Å². The lowest BCUT2D eigenvalue weighted by Gasteiger charge is -2.25.